The van der Waals surface area contributed by atoms with Gasteiger partial charge in [-0.05, 0) is 37.1 Å². The number of hydrogen-bond donors (Lipinski definition) is 3. The fraction of sp³-hybridized carbons (Fsp3) is 0.600. The molecule has 0 radical (unpaired) electrons. The molecule has 0 aliphatic rings. The zero-order valence-corrected chi connectivity index (χ0v) is 11.6. The molecule has 4 nitrogen and oxygen atoms in total. The van der Waals surface area contributed by atoms with Gasteiger partial charge in [0, 0.05) is 13.2 Å². The van der Waals surface area contributed by atoms with Gasteiger partial charge in [0.1, 0.15) is 5.75 Å². The van der Waals surface area contributed by atoms with Crippen LogP contribution in [0.4, 0.5) is 0 Å². The van der Waals surface area contributed by atoms with Crippen molar-refractivity contribution in [2.45, 2.75) is 31.8 Å². The van der Waals surface area contributed by atoms with E-state index in [1.165, 1.54) is 0 Å². The van der Waals surface area contributed by atoms with E-state index >= 15 is 0 Å². The minimum Gasteiger partial charge on any atom is -0.497 e. The van der Waals surface area contributed by atoms with E-state index in [0.717, 1.165) is 43.5 Å². The Hall–Kier alpha value is -1.10. The minimum absolute atomic E-state index is 0.280. The molecule has 108 valence electrons. The van der Waals surface area contributed by atoms with Gasteiger partial charge >= 0.3 is 0 Å². The summed E-state index contributed by atoms with van der Waals surface area (Å²) in [5, 5.41) is 21.9. The number of benzene rings is 1. The van der Waals surface area contributed by atoms with E-state index in [9.17, 15) is 5.11 Å². The molecule has 0 saturated heterocycles. The Morgan fingerprint density at radius 3 is 2.74 bits per heavy atom. The highest BCUT2D eigenvalue weighted by Crippen LogP contribution is 2.18. The van der Waals surface area contributed by atoms with Crippen LogP contribution in [0.5, 0.6) is 5.75 Å². The molecule has 1 aromatic rings. The van der Waals surface area contributed by atoms with Crippen LogP contribution in [0.1, 0.15) is 37.4 Å². The van der Waals surface area contributed by atoms with Crippen LogP contribution in [0, 0.1) is 0 Å². The maximum atomic E-state index is 10.0. The number of ether oxygens (including phenoxy) is 1. The third kappa shape index (κ3) is 6.57. The predicted octanol–water partition coefficient (Wildman–Crippen LogP) is 1.87. The molecule has 0 aliphatic carbocycles. The van der Waals surface area contributed by atoms with E-state index in [0.29, 0.717) is 6.54 Å². The Morgan fingerprint density at radius 2 is 2.00 bits per heavy atom. The monoisotopic (exact) mass is 267 g/mol. The molecule has 0 bridgehead atoms. The summed E-state index contributed by atoms with van der Waals surface area (Å²) in [6, 6.07) is 7.50. The quantitative estimate of drug-likeness (QED) is 0.566. The summed E-state index contributed by atoms with van der Waals surface area (Å²) in [5.74, 6) is 0.764. The standard InChI is InChI=1S/C15H25NO3/c1-19-14-8-6-7-13(11-14)15(18)12-16-9-4-2-3-5-10-17/h6-8,11,15-18H,2-5,9-10,12H2,1H3. The molecule has 0 heterocycles. The maximum Gasteiger partial charge on any atom is 0.119 e. The second-order valence-corrected chi connectivity index (χ2v) is 4.63. The van der Waals surface area contributed by atoms with Crippen molar-refractivity contribution in [2.75, 3.05) is 26.8 Å². The molecule has 19 heavy (non-hydrogen) atoms. The lowest BCUT2D eigenvalue weighted by Gasteiger charge is -2.13. The topological polar surface area (TPSA) is 61.7 Å². The van der Waals surface area contributed by atoms with E-state index in [-0.39, 0.29) is 6.61 Å². The van der Waals surface area contributed by atoms with Crippen LogP contribution in [0.15, 0.2) is 24.3 Å². The first kappa shape index (κ1) is 16.0. The molecule has 3 N–H and O–H groups in total. The van der Waals surface area contributed by atoms with Crippen LogP contribution in [0.25, 0.3) is 0 Å². The smallest absolute Gasteiger partial charge is 0.119 e. The summed E-state index contributed by atoms with van der Waals surface area (Å²) < 4.78 is 5.13. The van der Waals surface area contributed by atoms with Crippen LogP contribution in [0.3, 0.4) is 0 Å². The highest BCUT2D eigenvalue weighted by atomic mass is 16.5. The number of rotatable bonds is 10. The van der Waals surface area contributed by atoms with Gasteiger partial charge in [-0.1, -0.05) is 25.0 Å². The van der Waals surface area contributed by atoms with Crippen molar-refractivity contribution >= 4 is 0 Å². The largest absolute Gasteiger partial charge is 0.497 e. The average Bonchev–Trinajstić information content (AvgIpc) is 2.46. The molecular formula is C15H25NO3. The summed E-state index contributed by atoms with van der Waals surface area (Å²) in [6.07, 6.45) is 3.63. The Kier molecular flexibility index (Phi) is 8.21. The first-order valence-electron chi connectivity index (χ1n) is 6.91. The minimum atomic E-state index is -0.507. The van der Waals surface area contributed by atoms with Gasteiger partial charge in [-0.15, -0.1) is 0 Å². The Bertz CT molecular complexity index is 344. The van der Waals surface area contributed by atoms with Crippen molar-refractivity contribution < 1.29 is 14.9 Å². The lowest BCUT2D eigenvalue weighted by atomic mass is 10.1. The zero-order valence-electron chi connectivity index (χ0n) is 11.6. The molecule has 0 aromatic heterocycles. The highest BCUT2D eigenvalue weighted by Gasteiger charge is 2.07. The predicted molar refractivity (Wildman–Crippen MR) is 76.4 cm³/mol. The Morgan fingerprint density at radius 1 is 1.21 bits per heavy atom. The van der Waals surface area contributed by atoms with Crippen molar-refractivity contribution in [3.63, 3.8) is 0 Å². The first-order valence-corrected chi connectivity index (χ1v) is 6.91. The zero-order chi connectivity index (χ0) is 13.9. The molecule has 1 aromatic carbocycles. The number of methoxy groups -OCH3 is 1. The van der Waals surface area contributed by atoms with Crippen LogP contribution >= 0.6 is 0 Å². The second-order valence-electron chi connectivity index (χ2n) is 4.63. The number of hydrogen-bond acceptors (Lipinski definition) is 4. The average molecular weight is 267 g/mol. The highest BCUT2D eigenvalue weighted by molar-refractivity contribution is 5.29. The molecule has 0 saturated carbocycles. The van der Waals surface area contributed by atoms with Gasteiger partial charge < -0.3 is 20.3 Å². The fourth-order valence-corrected chi connectivity index (χ4v) is 1.92. The van der Waals surface area contributed by atoms with Crippen molar-refractivity contribution in [1.82, 2.24) is 5.32 Å². The lowest BCUT2D eigenvalue weighted by molar-refractivity contribution is 0.174. The third-order valence-electron chi connectivity index (χ3n) is 3.08. The summed E-state index contributed by atoms with van der Waals surface area (Å²) in [6.45, 7) is 1.72. The van der Waals surface area contributed by atoms with Gasteiger partial charge in [-0.2, -0.15) is 0 Å². The van der Waals surface area contributed by atoms with E-state index < -0.39 is 6.10 Å². The summed E-state index contributed by atoms with van der Waals surface area (Å²) in [4.78, 5) is 0. The molecule has 0 aliphatic heterocycles. The van der Waals surface area contributed by atoms with Gasteiger partial charge in [0.25, 0.3) is 0 Å². The van der Waals surface area contributed by atoms with Gasteiger partial charge in [0.2, 0.25) is 0 Å². The molecule has 4 heteroatoms. The number of nitrogens with one attached hydrogen (secondary N) is 1. The molecular weight excluding hydrogens is 242 g/mol. The number of unbranched alkanes of at least 4 members (excludes halogenated alkanes) is 3. The Labute approximate surface area is 115 Å². The van der Waals surface area contributed by atoms with Gasteiger partial charge in [0.15, 0.2) is 0 Å². The van der Waals surface area contributed by atoms with Crippen LogP contribution in [-0.4, -0.2) is 37.0 Å². The lowest BCUT2D eigenvalue weighted by Crippen LogP contribution is -2.22. The van der Waals surface area contributed by atoms with E-state index in [1.807, 2.05) is 24.3 Å². The normalized spacial score (nSPS) is 12.4. The molecule has 1 unspecified atom stereocenters. The molecule has 0 amide bonds. The fourth-order valence-electron chi connectivity index (χ4n) is 1.92. The van der Waals surface area contributed by atoms with Crippen LogP contribution in [0.2, 0.25) is 0 Å². The molecule has 0 spiro atoms. The summed E-state index contributed by atoms with van der Waals surface area (Å²) in [7, 11) is 1.62. The van der Waals surface area contributed by atoms with Gasteiger partial charge in [-0.25, -0.2) is 0 Å². The Balaban J connectivity index is 2.18. The van der Waals surface area contributed by atoms with Crippen LogP contribution in [-0.2, 0) is 0 Å². The summed E-state index contributed by atoms with van der Waals surface area (Å²) >= 11 is 0. The SMILES string of the molecule is COc1cccc(C(O)CNCCCCCCO)c1. The van der Waals surface area contributed by atoms with E-state index in [4.69, 9.17) is 9.84 Å². The molecule has 1 atom stereocenters. The van der Waals surface area contributed by atoms with Crippen molar-refractivity contribution in [1.29, 1.82) is 0 Å². The van der Waals surface area contributed by atoms with Gasteiger partial charge in [0.05, 0.1) is 13.2 Å². The van der Waals surface area contributed by atoms with Gasteiger partial charge in [-0.3, -0.25) is 0 Å². The first-order chi connectivity index (χ1) is 9.27. The number of aliphatic hydroxyl groups excluding tert-OH is 2. The molecule has 0 fully saturated rings. The summed E-state index contributed by atoms with van der Waals surface area (Å²) in [5.41, 5.74) is 0.868. The molecule has 1 rings (SSSR count). The number of aliphatic hydroxyl groups is 2. The van der Waals surface area contributed by atoms with Crippen molar-refractivity contribution in [2.24, 2.45) is 0 Å². The van der Waals surface area contributed by atoms with Crippen molar-refractivity contribution in [3.8, 4) is 5.75 Å². The second kappa shape index (κ2) is 9.78. The maximum absolute atomic E-state index is 10.0. The van der Waals surface area contributed by atoms with Crippen molar-refractivity contribution in [3.05, 3.63) is 29.8 Å². The third-order valence-corrected chi connectivity index (χ3v) is 3.08. The van der Waals surface area contributed by atoms with Crippen LogP contribution < -0.4 is 10.1 Å². The van der Waals surface area contributed by atoms with E-state index in [1.54, 1.807) is 7.11 Å². The van der Waals surface area contributed by atoms with E-state index in [2.05, 4.69) is 5.32 Å².